The smallest absolute Gasteiger partial charge is 0.142 e. The molecule has 0 amide bonds. The average molecular weight is 271 g/mol. The Hall–Kier alpha value is -2.16. The Morgan fingerprint density at radius 3 is 2.35 bits per heavy atom. The predicted octanol–water partition coefficient (Wildman–Crippen LogP) is 3.65. The van der Waals surface area contributed by atoms with E-state index in [0.717, 1.165) is 11.3 Å². The van der Waals surface area contributed by atoms with Crippen molar-refractivity contribution in [2.45, 2.75) is 20.8 Å². The molecule has 2 aromatic carbocycles. The highest BCUT2D eigenvalue weighted by atomic mass is 16.5. The van der Waals surface area contributed by atoms with Gasteiger partial charge in [0.2, 0.25) is 0 Å². The van der Waals surface area contributed by atoms with Crippen molar-refractivity contribution in [1.82, 2.24) is 0 Å². The van der Waals surface area contributed by atoms with Crippen LogP contribution in [0.4, 0.5) is 5.69 Å². The molecule has 0 saturated heterocycles. The number of hydrogen-bond donors (Lipinski definition) is 1. The van der Waals surface area contributed by atoms with Crippen LogP contribution in [0, 0.1) is 20.8 Å². The van der Waals surface area contributed by atoms with E-state index in [1.807, 2.05) is 37.3 Å². The summed E-state index contributed by atoms with van der Waals surface area (Å²) in [6.45, 7) is 7.14. The molecular weight excluding hydrogens is 250 g/mol. The lowest BCUT2D eigenvalue weighted by molar-refractivity contribution is 0.217. The van der Waals surface area contributed by atoms with E-state index >= 15 is 0 Å². The second-order valence-corrected chi connectivity index (χ2v) is 4.98. The molecule has 106 valence electrons. The fraction of sp³-hybridized carbons (Fsp3) is 0.294. The van der Waals surface area contributed by atoms with Gasteiger partial charge < -0.3 is 15.2 Å². The van der Waals surface area contributed by atoms with Crippen LogP contribution in [0.25, 0.3) is 0 Å². The van der Waals surface area contributed by atoms with Crippen molar-refractivity contribution in [2.24, 2.45) is 0 Å². The number of nitrogens with two attached hydrogens (primary N) is 1. The van der Waals surface area contributed by atoms with Gasteiger partial charge in [-0.1, -0.05) is 12.1 Å². The van der Waals surface area contributed by atoms with E-state index in [4.69, 9.17) is 15.2 Å². The van der Waals surface area contributed by atoms with Gasteiger partial charge in [0.1, 0.15) is 24.7 Å². The molecular formula is C17H21NO2. The molecule has 20 heavy (non-hydrogen) atoms. The second kappa shape index (κ2) is 6.33. The highest BCUT2D eigenvalue weighted by Crippen LogP contribution is 2.22. The number of rotatable bonds is 5. The van der Waals surface area contributed by atoms with Crippen LogP contribution in [0.15, 0.2) is 36.4 Å². The van der Waals surface area contributed by atoms with Crippen LogP contribution in [0.5, 0.6) is 11.5 Å². The molecule has 0 radical (unpaired) electrons. The first-order valence-corrected chi connectivity index (χ1v) is 6.75. The molecule has 0 saturated carbocycles. The van der Waals surface area contributed by atoms with Gasteiger partial charge in [-0.2, -0.15) is 0 Å². The summed E-state index contributed by atoms with van der Waals surface area (Å²) >= 11 is 0. The van der Waals surface area contributed by atoms with Crippen LogP contribution in [0.3, 0.4) is 0 Å². The van der Waals surface area contributed by atoms with E-state index in [0.29, 0.717) is 24.7 Å². The Labute approximate surface area is 120 Å². The number of benzene rings is 2. The maximum atomic E-state index is 5.85. The van der Waals surface area contributed by atoms with Crippen LogP contribution >= 0.6 is 0 Å². The van der Waals surface area contributed by atoms with Crippen molar-refractivity contribution in [3.63, 3.8) is 0 Å². The van der Waals surface area contributed by atoms with Crippen LogP contribution < -0.4 is 15.2 Å². The average Bonchev–Trinajstić information content (AvgIpc) is 2.42. The molecule has 0 aliphatic rings. The van der Waals surface area contributed by atoms with Crippen molar-refractivity contribution in [3.8, 4) is 11.5 Å². The summed E-state index contributed by atoms with van der Waals surface area (Å²) in [5, 5.41) is 0. The molecule has 0 aromatic heterocycles. The normalized spacial score (nSPS) is 10.3. The molecule has 2 N–H and O–H groups in total. The van der Waals surface area contributed by atoms with E-state index in [2.05, 4.69) is 19.9 Å². The van der Waals surface area contributed by atoms with Crippen molar-refractivity contribution < 1.29 is 9.47 Å². The molecule has 0 heterocycles. The van der Waals surface area contributed by atoms with Crippen LogP contribution in [-0.2, 0) is 0 Å². The van der Waals surface area contributed by atoms with Crippen LogP contribution in [0.2, 0.25) is 0 Å². The molecule has 3 nitrogen and oxygen atoms in total. The molecule has 0 bridgehead atoms. The number of aryl methyl sites for hydroxylation is 3. The molecule has 0 aliphatic carbocycles. The third-order valence-corrected chi connectivity index (χ3v) is 3.26. The molecule has 0 spiro atoms. The fourth-order valence-corrected chi connectivity index (χ4v) is 1.88. The van der Waals surface area contributed by atoms with Gasteiger partial charge in [0.05, 0.1) is 5.69 Å². The summed E-state index contributed by atoms with van der Waals surface area (Å²) in [5.74, 6) is 1.59. The number of ether oxygens (including phenoxy) is 2. The van der Waals surface area contributed by atoms with Gasteiger partial charge in [-0.3, -0.25) is 0 Å². The zero-order chi connectivity index (χ0) is 14.5. The highest BCUT2D eigenvalue weighted by Gasteiger charge is 2.01. The van der Waals surface area contributed by atoms with E-state index < -0.39 is 0 Å². The summed E-state index contributed by atoms with van der Waals surface area (Å²) in [6, 6.07) is 11.8. The summed E-state index contributed by atoms with van der Waals surface area (Å²) in [7, 11) is 0. The molecule has 0 unspecified atom stereocenters. The maximum Gasteiger partial charge on any atom is 0.142 e. The maximum absolute atomic E-state index is 5.85. The zero-order valence-electron chi connectivity index (χ0n) is 12.3. The third-order valence-electron chi connectivity index (χ3n) is 3.26. The lowest BCUT2D eigenvalue weighted by atomic mass is 10.1. The Morgan fingerprint density at radius 2 is 1.60 bits per heavy atom. The SMILES string of the molecule is Cc1ccc(N)c(OCCOc2ccc(C)c(C)c2)c1. The van der Waals surface area contributed by atoms with Gasteiger partial charge in [-0.15, -0.1) is 0 Å². The Bertz CT molecular complexity index is 594. The second-order valence-electron chi connectivity index (χ2n) is 4.98. The molecule has 3 heteroatoms. The number of anilines is 1. The number of nitrogen functional groups attached to an aromatic ring is 1. The van der Waals surface area contributed by atoms with Gasteiger partial charge in [-0.25, -0.2) is 0 Å². The zero-order valence-corrected chi connectivity index (χ0v) is 12.3. The minimum absolute atomic E-state index is 0.473. The van der Waals surface area contributed by atoms with Crippen LogP contribution in [-0.4, -0.2) is 13.2 Å². The summed E-state index contributed by atoms with van der Waals surface area (Å²) < 4.78 is 11.3. The predicted molar refractivity (Wildman–Crippen MR) is 82.5 cm³/mol. The van der Waals surface area contributed by atoms with Gasteiger partial charge in [-0.05, 0) is 61.7 Å². The van der Waals surface area contributed by atoms with Crippen molar-refractivity contribution >= 4 is 5.69 Å². The van der Waals surface area contributed by atoms with Gasteiger partial charge >= 0.3 is 0 Å². The van der Waals surface area contributed by atoms with Gasteiger partial charge in [0, 0.05) is 0 Å². The van der Waals surface area contributed by atoms with Crippen molar-refractivity contribution in [3.05, 3.63) is 53.1 Å². The summed E-state index contributed by atoms with van der Waals surface area (Å²) in [4.78, 5) is 0. The van der Waals surface area contributed by atoms with E-state index in [1.165, 1.54) is 11.1 Å². The summed E-state index contributed by atoms with van der Waals surface area (Å²) in [5.41, 5.74) is 10.1. The quantitative estimate of drug-likeness (QED) is 0.667. The third kappa shape index (κ3) is 3.67. The Kier molecular flexibility index (Phi) is 4.51. The first-order valence-electron chi connectivity index (χ1n) is 6.75. The van der Waals surface area contributed by atoms with E-state index in [1.54, 1.807) is 0 Å². The summed E-state index contributed by atoms with van der Waals surface area (Å²) in [6.07, 6.45) is 0. The number of hydrogen-bond acceptors (Lipinski definition) is 3. The topological polar surface area (TPSA) is 44.5 Å². The lowest BCUT2D eigenvalue weighted by Crippen LogP contribution is -2.10. The van der Waals surface area contributed by atoms with E-state index in [-0.39, 0.29) is 0 Å². The first-order chi connectivity index (χ1) is 9.56. The highest BCUT2D eigenvalue weighted by molar-refractivity contribution is 5.53. The lowest BCUT2D eigenvalue weighted by Gasteiger charge is -2.11. The monoisotopic (exact) mass is 271 g/mol. The van der Waals surface area contributed by atoms with Crippen molar-refractivity contribution in [2.75, 3.05) is 18.9 Å². The molecule has 0 atom stereocenters. The standard InChI is InChI=1S/C17H21NO2/c1-12-4-7-16(18)17(10-12)20-9-8-19-15-6-5-13(2)14(3)11-15/h4-7,10-11H,8-9,18H2,1-3H3. The molecule has 2 aromatic rings. The molecule has 0 fully saturated rings. The van der Waals surface area contributed by atoms with Crippen molar-refractivity contribution in [1.29, 1.82) is 0 Å². The van der Waals surface area contributed by atoms with E-state index in [9.17, 15) is 0 Å². The minimum Gasteiger partial charge on any atom is -0.490 e. The first kappa shape index (κ1) is 14.3. The minimum atomic E-state index is 0.473. The Balaban J connectivity index is 1.84. The van der Waals surface area contributed by atoms with Gasteiger partial charge in [0.15, 0.2) is 0 Å². The Morgan fingerprint density at radius 1 is 0.850 bits per heavy atom. The molecule has 2 rings (SSSR count). The van der Waals surface area contributed by atoms with Crippen LogP contribution in [0.1, 0.15) is 16.7 Å². The molecule has 0 aliphatic heterocycles. The van der Waals surface area contributed by atoms with Gasteiger partial charge in [0.25, 0.3) is 0 Å². The fourth-order valence-electron chi connectivity index (χ4n) is 1.88. The largest absolute Gasteiger partial charge is 0.490 e.